The molecule has 25 heavy (non-hydrogen) atoms. The van der Waals surface area contributed by atoms with Crippen molar-refractivity contribution < 1.29 is 14.1 Å². The molecular formula is C20H26O3PS+. The van der Waals surface area contributed by atoms with Crippen molar-refractivity contribution in [2.75, 3.05) is 12.4 Å². The molecule has 0 aliphatic carbocycles. The zero-order valence-electron chi connectivity index (χ0n) is 15.0. The second-order valence-electron chi connectivity index (χ2n) is 6.50. The quantitative estimate of drug-likeness (QED) is 0.326. The van der Waals surface area contributed by atoms with Gasteiger partial charge in [0.2, 0.25) is 0 Å². The van der Waals surface area contributed by atoms with Gasteiger partial charge < -0.3 is 4.74 Å². The van der Waals surface area contributed by atoms with Crippen LogP contribution >= 0.6 is 20.2 Å². The molecule has 0 amide bonds. The van der Waals surface area contributed by atoms with Gasteiger partial charge in [-0.3, -0.25) is 4.79 Å². The Balaban J connectivity index is 2.16. The lowest BCUT2D eigenvalue weighted by molar-refractivity contribution is -0.148. The van der Waals surface area contributed by atoms with Crippen molar-refractivity contribution in [3.8, 4) is 0 Å². The van der Waals surface area contributed by atoms with Gasteiger partial charge in [-0.25, -0.2) is 0 Å². The minimum absolute atomic E-state index is 0.189. The first-order chi connectivity index (χ1) is 12.1. The summed E-state index contributed by atoms with van der Waals surface area (Å²) in [7, 11) is -0.517. The first kappa shape index (κ1) is 19.9. The van der Waals surface area contributed by atoms with Crippen molar-refractivity contribution >= 4 is 37.0 Å². The number of carbonyl (C=O) groups excluding carboxylic acids is 1. The monoisotopic (exact) mass is 377 g/mol. The summed E-state index contributed by atoms with van der Waals surface area (Å²) in [6.07, 6.45) is 0.703. The average molecular weight is 377 g/mol. The van der Waals surface area contributed by atoms with Crippen molar-refractivity contribution in [2.24, 2.45) is 11.8 Å². The molecule has 0 saturated heterocycles. The topological polar surface area (TPSA) is 43.4 Å². The van der Waals surface area contributed by atoms with Crippen molar-refractivity contribution in [2.45, 2.75) is 37.7 Å². The van der Waals surface area contributed by atoms with E-state index in [0.717, 1.165) is 4.90 Å². The van der Waals surface area contributed by atoms with Crippen LogP contribution in [0.25, 0.3) is 10.8 Å². The third-order valence-corrected chi connectivity index (χ3v) is 6.52. The van der Waals surface area contributed by atoms with Crippen LogP contribution in [-0.2, 0) is 14.1 Å². The molecule has 3 atom stereocenters. The third kappa shape index (κ3) is 5.55. The van der Waals surface area contributed by atoms with E-state index in [-0.39, 0.29) is 17.5 Å². The van der Waals surface area contributed by atoms with Gasteiger partial charge in [0.1, 0.15) is 5.92 Å². The Kier molecular flexibility index (Phi) is 7.92. The fourth-order valence-electron chi connectivity index (χ4n) is 2.92. The van der Waals surface area contributed by atoms with E-state index in [1.807, 2.05) is 25.1 Å². The summed E-state index contributed by atoms with van der Waals surface area (Å²) in [6, 6.07) is 14.5. The molecule has 2 rings (SSSR count). The van der Waals surface area contributed by atoms with Crippen LogP contribution in [0.3, 0.4) is 0 Å². The first-order valence-electron chi connectivity index (χ1n) is 8.71. The molecule has 0 aromatic heterocycles. The predicted octanol–water partition coefficient (Wildman–Crippen LogP) is 5.55. The van der Waals surface area contributed by atoms with Gasteiger partial charge in [-0.1, -0.05) is 54.8 Å². The zero-order chi connectivity index (χ0) is 18.2. The van der Waals surface area contributed by atoms with Gasteiger partial charge in [-0.15, -0.1) is 11.8 Å². The number of carbonyl (C=O) groups is 1. The van der Waals surface area contributed by atoms with E-state index in [1.54, 1.807) is 11.8 Å². The Labute approximate surface area is 155 Å². The van der Waals surface area contributed by atoms with Crippen LogP contribution in [0.15, 0.2) is 47.4 Å². The molecule has 0 N–H and O–H groups in total. The lowest BCUT2D eigenvalue weighted by Crippen LogP contribution is -2.29. The Hall–Kier alpha value is -1.38. The van der Waals surface area contributed by atoms with E-state index in [1.165, 1.54) is 10.8 Å². The minimum Gasteiger partial charge on any atom is -0.466 e. The van der Waals surface area contributed by atoms with E-state index >= 15 is 0 Å². The number of hydrogen-bond acceptors (Lipinski definition) is 4. The molecule has 0 saturated carbocycles. The molecule has 134 valence electrons. The normalized spacial score (nSPS) is 13.9. The standard InChI is InChI=1S/C20H25O3PS/c1-4-23-20(21)17(12-14(2)3)18(24-22)13-25-19-11-7-9-15-8-5-6-10-16(15)19/h5-11,14,17-18H,4,12-13H2,1-3H3/p+1. The second-order valence-corrected chi connectivity index (χ2v) is 8.54. The lowest BCUT2D eigenvalue weighted by atomic mass is 9.94. The van der Waals surface area contributed by atoms with E-state index in [0.29, 0.717) is 24.7 Å². The molecule has 5 heteroatoms. The van der Waals surface area contributed by atoms with Crippen molar-refractivity contribution in [1.29, 1.82) is 0 Å². The maximum Gasteiger partial charge on any atom is 0.329 e. The smallest absolute Gasteiger partial charge is 0.329 e. The van der Waals surface area contributed by atoms with Crippen LogP contribution in [0.1, 0.15) is 27.2 Å². The summed E-state index contributed by atoms with van der Waals surface area (Å²) in [5.41, 5.74) is -0.189. The highest BCUT2D eigenvalue weighted by Crippen LogP contribution is 2.34. The van der Waals surface area contributed by atoms with Crippen LogP contribution in [0, 0.1) is 11.8 Å². The maximum atomic E-state index is 12.3. The summed E-state index contributed by atoms with van der Waals surface area (Å²) in [5.74, 6) is 0.476. The second kappa shape index (κ2) is 9.94. The molecule has 0 fully saturated rings. The van der Waals surface area contributed by atoms with Crippen LogP contribution < -0.4 is 0 Å². The van der Waals surface area contributed by atoms with E-state index in [2.05, 4.69) is 38.1 Å². The molecule has 0 aliphatic heterocycles. The van der Waals surface area contributed by atoms with Gasteiger partial charge in [0.15, 0.2) is 5.66 Å². The van der Waals surface area contributed by atoms with E-state index in [4.69, 9.17) is 4.74 Å². The Bertz CT molecular complexity index is 712. The number of rotatable bonds is 9. The molecule has 3 unspecified atom stereocenters. The zero-order valence-corrected chi connectivity index (χ0v) is 16.8. The van der Waals surface area contributed by atoms with E-state index < -0.39 is 8.46 Å². The van der Waals surface area contributed by atoms with Crippen molar-refractivity contribution in [1.82, 2.24) is 0 Å². The van der Waals surface area contributed by atoms with Gasteiger partial charge >= 0.3 is 14.4 Å². The van der Waals surface area contributed by atoms with Gasteiger partial charge in [-0.2, -0.15) is 0 Å². The number of benzene rings is 2. The summed E-state index contributed by atoms with van der Waals surface area (Å²) >= 11 is 1.67. The highest BCUT2D eigenvalue weighted by atomic mass is 32.2. The summed E-state index contributed by atoms with van der Waals surface area (Å²) in [4.78, 5) is 13.5. The fourth-order valence-corrected chi connectivity index (χ4v) is 4.98. The SMILES string of the molecule is CCOC(=O)C(CC(C)C)C(CSc1cccc2ccccc12)[PH+]=O. The van der Waals surface area contributed by atoms with Crippen molar-refractivity contribution in [3.05, 3.63) is 42.5 Å². The average Bonchev–Trinajstić information content (AvgIpc) is 2.61. The van der Waals surface area contributed by atoms with Gasteiger partial charge in [0, 0.05) is 10.6 Å². The number of ether oxygens (including phenoxy) is 1. The van der Waals surface area contributed by atoms with Gasteiger partial charge in [0.05, 0.1) is 6.61 Å². The number of thioether (sulfide) groups is 1. The van der Waals surface area contributed by atoms with Gasteiger partial charge in [0.25, 0.3) is 0 Å². The molecule has 0 bridgehead atoms. The summed E-state index contributed by atoms with van der Waals surface area (Å²) in [5, 5.41) is 2.39. The van der Waals surface area contributed by atoms with Crippen molar-refractivity contribution in [3.63, 3.8) is 0 Å². The van der Waals surface area contributed by atoms with E-state index in [9.17, 15) is 9.36 Å². The van der Waals surface area contributed by atoms with Crippen LogP contribution in [-0.4, -0.2) is 24.0 Å². The molecule has 3 nitrogen and oxygen atoms in total. The van der Waals surface area contributed by atoms with Crippen LogP contribution in [0.4, 0.5) is 0 Å². The Morgan fingerprint density at radius 3 is 2.56 bits per heavy atom. The fraction of sp³-hybridized carbons (Fsp3) is 0.450. The molecule has 0 radical (unpaired) electrons. The highest BCUT2D eigenvalue weighted by molar-refractivity contribution is 7.99. The largest absolute Gasteiger partial charge is 0.466 e. The predicted molar refractivity (Wildman–Crippen MR) is 107 cm³/mol. The number of esters is 1. The summed E-state index contributed by atoms with van der Waals surface area (Å²) in [6.45, 7) is 6.33. The molecule has 0 aliphatic rings. The molecule has 2 aromatic rings. The number of fused-ring (bicyclic) bond motifs is 1. The van der Waals surface area contributed by atoms with Crippen LogP contribution in [0.5, 0.6) is 0 Å². The number of hydrogen-bond donors (Lipinski definition) is 0. The molecule has 0 spiro atoms. The summed E-state index contributed by atoms with van der Waals surface area (Å²) < 4.78 is 17.1. The molecular weight excluding hydrogens is 351 g/mol. The Morgan fingerprint density at radius 2 is 1.88 bits per heavy atom. The lowest BCUT2D eigenvalue weighted by Gasteiger charge is -2.19. The minimum atomic E-state index is -0.517. The van der Waals surface area contributed by atoms with Gasteiger partial charge in [-0.05, 0) is 36.1 Å². The maximum absolute atomic E-state index is 12.3. The third-order valence-electron chi connectivity index (χ3n) is 4.12. The highest BCUT2D eigenvalue weighted by Gasteiger charge is 2.36. The first-order valence-corrected chi connectivity index (χ1v) is 10.7. The molecule has 2 aromatic carbocycles. The molecule has 0 heterocycles. The Morgan fingerprint density at radius 1 is 1.16 bits per heavy atom. The van der Waals surface area contributed by atoms with Crippen LogP contribution in [0.2, 0.25) is 0 Å².